The number of methoxy groups -OCH3 is 4. The van der Waals surface area contributed by atoms with Crippen molar-refractivity contribution in [1.82, 2.24) is 4.86 Å². The lowest BCUT2D eigenvalue weighted by molar-refractivity contribution is 0.204. The Kier molecular flexibility index (Phi) is 14.9. The summed E-state index contributed by atoms with van der Waals surface area (Å²) in [5.74, 6) is 2.62. The Labute approximate surface area is 278 Å². The Hall–Kier alpha value is -3.11. The number of ether oxygens (including phenoxy) is 4. The first kappa shape index (κ1) is 36.7. The van der Waals surface area contributed by atoms with E-state index >= 15 is 0 Å². The molecule has 0 fully saturated rings. The lowest BCUT2D eigenvalue weighted by Crippen LogP contribution is -2.15. The Balaban J connectivity index is 1.71. The standard InChI is InChI=1S/C32H41N4O8P3/c1-37-29-17-9-5-13-25(29)21-41-46(42-22-26-14-6-10-18-30(26)38-2)36-47(35-45(33)34,43-23-27-15-7-11-19-31(27)39-3)44-24-28-16-8-12-20-32(28)40-4/h5-20,36H,21-24,33-34H2,1-4H3. The van der Waals surface area contributed by atoms with Crippen LogP contribution in [0.15, 0.2) is 102 Å². The van der Waals surface area contributed by atoms with Crippen molar-refractivity contribution < 1.29 is 37.0 Å². The number of nitrogens with two attached hydrogens (primary N) is 2. The third kappa shape index (κ3) is 11.0. The van der Waals surface area contributed by atoms with Crippen molar-refractivity contribution in [2.75, 3.05) is 28.4 Å². The third-order valence-electron chi connectivity index (χ3n) is 6.66. The van der Waals surface area contributed by atoms with Gasteiger partial charge in [-0.2, -0.15) is 9.37 Å². The zero-order chi connectivity index (χ0) is 33.5. The molecule has 4 rings (SSSR count). The molecular weight excluding hydrogens is 661 g/mol. The van der Waals surface area contributed by atoms with Crippen LogP contribution in [0.1, 0.15) is 22.3 Å². The molecule has 12 nitrogen and oxygen atoms in total. The quantitative estimate of drug-likeness (QED) is 0.0822. The molecule has 0 unspecified atom stereocenters. The van der Waals surface area contributed by atoms with Gasteiger partial charge in [-0.05, 0) is 24.3 Å². The molecular formula is C32H41N4O8P3. The van der Waals surface area contributed by atoms with E-state index in [0.29, 0.717) is 23.0 Å². The van der Waals surface area contributed by atoms with Gasteiger partial charge in [-0.1, -0.05) is 72.8 Å². The molecule has 0 atom stereocenters. The molecule has 0 saturated carbocycles. The Morgan fingerprint density at radius 3 is 1.17 bits per heavy atom. The van der Waals surface area contributed by atoms with Crippen LogP contribution < -0.4 is 34.8 Å². The number of rotatable bonds is 19. The molecule has 0 aromatic heterocycles. The predicted octanol–water partition coefficient (Wildman–Crippen LogP) is 7.80. The van der Waals surface area contributed by atoms with Crippen molar-refractivity contribution in [2.45, 2.75) is 26.4 Å². The van der Waals surface area contributed by atoms with Gasteiger partial charge in [-0.25, -0.2) is 0 Å². The summed E-state index contributed by atoms with van der Waals surface area (Å²) >= 11 is 0. The largest absolute Gasteiger partial charge is 0.496 e. The minimum absolute atomic E-state index is 0.0611. The molecule has 0 aliphatic rings. The van der Waals surface area contributed by atoms with E-state index in [0.717, 1.165) is 22.3 Å². The van der Waals surface area contributed by atoms with Gasteiger partial charge in [0.25, 0.3) is 8.53 Å². The lowest BCUT2D eigenvalue weighted by Gasteiger charge is -2.29. The van der Waals surface area contributed by atoms with Gasteiger partial charge in [0, 0.05) is 22.3 Å². The smallest absolute Gasteiger partial charge is 0.301 e. The molecule has 5 N–H and O–H groups in total. The second-order valence-electron chi connectivity index (χ2n) is 9.69. The van der Waals surface area contributed by atoms with E-state index in [4.69, 9.17) is 48.1 Å². The topological polar surface area (TPSA) is 150 Å². The summed E-state index contributed by atoms with van der Waals surface area (Å²) in [6.45, 7) is 0.415. The van der Waals surface area contributed by atoms with E-state index in [-0.39, 0.29) is 26.4 Å². The number of nitrogens with zero attached hydrogens (tertiary/aromatic N) is 1. The fourth-order valence-electron chi connectivity index (χ4n) is 4.36. The normalized spacial score (nSPS) is 11.5. The van der Waals surface area contributed by atoms with Crippen LogP contribution >= 0.6 is 24.6 Å². The van der Waals surface area contributed by atoms with Crippen molar-refractivity contribution in [3.05, 3.63) is 119 Å². The summed E-state index contributed by atoms with van der Waals surface area (Å²) in [5, 5.41) is 0. The van der Waals surface area contributed by atoms with Gasteiger partial charge < -0.3 is 37.0 Å². The summed E-state index contributed by atoms with van der Waals surface area (Å²) < 4.78 is 52.7. The number of para-hydroxylation sites is 4. The van der Waals surface area contributed by atoms with Crippen LogP contribution in [-0.2, 0) is 44.5 Å². The van der Waals surface area contributed by atoms with Crippen LogP contribution in [0.2, 0.25) is 0 Å². The van der Waals surface area contributed by atoms with Crippen LogP contribution in [0.4, 0.5) is 0 Å². The van der Waals surface area contributed by atoms with E-state index in [1.165, 1.54) is 0 Å². The second kappa shape index (κ2) is 19.0. The molecule has 0 bridgehead atoms. The molecule has 15 heteroatoms. The van der Waals surface area contributed by atoms with Crippen LogP contribution in [0.3, 0.4) is 0 Å². The maximum Gasteiger partial charge on any atom is 0.301 e. The van der Waals surface area contributed by atoms with Crippen LogP contribution in [0, 0.1) is 0 Å². The molecule has 252 valence electrons. The summed E-state index contributed by atoms with van der Waals surface area (Å²) in [4.78, 5) is 3.34. The third-order valence-corrected chi connectivity index (χ3v) is 11.8. The summed E-state index contributed by atoms with van der Waals surface area (Å²) in [7, 11) is -0.947. The molecule has 0 aliphatic heterocycles. The maximum absolute atomic E-state index is 6.54. The molecule has 4 aromatic carbocycles. The Bertz CT molecular complexity index is 1510. The predicted molar refractivity (Wildman–Crippen MR) is 186 cm³/mol. The highest BCUT2D eigenvalue weighted by atomic mass is 31.3. The van der Waals surface area contributed by atoms with Gasteiger partial charge in [-0.15, -0.1) is 0 Å². The highest BCUT2D eigenvalue weighted by Crippen LogP contribution is 2.60. The van der Waals surface area contributed by atoms with Gasteiger partial charge in [-0.3, -0.25) is 11.0 Å². The molecule has 0 saturated heterocycles. The molecule has 0 heterocycles. The summed E-state index contributed by atoms with van der Waals surface area (Å²) in [6, 6.07) is 30.1. The van der Waals surface area contributed by atoms with Crippen molar-refractivity contribution in [2.24, 2.45) is 15.5 Å². The van der Waals surface area contributed by atoms with Gasteiger partial charge in [0.05, 0.1) is 54.9 Å². The van der Waals surface area contributed by atoms with Gasteiger partial charge >= 0.3 is 7.66 Å². The van der Waals surface area contributed by atoms with Crippen molar-refractivity contribution in [1.29, 1.82) is 0 Å². The first-order valence-corrected chi connectivity index (χ1v) is 18.6. The SMILES string of the molecule is COc1ccccc1COP(NP(=NP(N)N)(OCc1ccccc1OC)OCc1ccccc1OC)OCc1ccccc1OC. The number of benzene rings is 4. The first-order chi connectivity index (χ1) is 22.9. The molecule has 0 amide bonds. The minimum Gasteiger partial charge on any atom is -0.496 e. The Morgan fingerprint density at radius 2 is 0.851 bits per heavy atom. The van der Waals surface area contributed by atoms with Gasteiger partial charge in [0.2, 0.25) is 0 Å². The fourth-order valence-corrected chi connectivity index (χ4v) is 9.42. The van der Waals surface area contributed by atoms with E-state index in [2.05, 4.69) is 9.37 Å². The molecule has 47 heavy (non-hydrogen) atoms. The van der Waals surface area contributed by atoms with Crippen LogP contribution in [0.5, 0.6) is 23.0 Å². The van der Waals surface area contributed by atoms with Crippen molar-refractivity contribution in [3.63, 3.8) is 0 Å². The second-order valence-corrected chi connectivity index (χ2v) is 14.6. The summed E-state index contributed by atoms with van der Waals surface area (Å²) in [6.07, 6.45) is 0. The van der Waals surface area contributed by atoms with Gasteiger partial charge in [0.15, 0.2) is 8.37 Å². The Morgan fingerprint density at radius 1 is 0.532 bits per heavy atom. The van der Waals surface area contributed by atoms with Crippen LogP contribution in [-0.4, -0.2) is 28.4 Å². The molecule has 0 spiro atoms. The average molecular weight is 703 g/mol. The molecule has 4 aromatic rings. The highest BCUT2D eigenvalue weighted by Gasteiger charge is 2.31. The molecule has 0 aliphatic carbocycles. The monoisotopic (exact) mass is 702 g/mol. The van der Waals surface area contributed by atoms with Crippen molar-refractivity contribution in [3.8, 4) is 23.0 Å². The summed E-state index contributed by atoms with van der Waals surface area (Å²) in [5.41, 5.74) is 15.5. The van der Waals surface area contributed by atoms with E-state index < -0.39 is 24.6 Å². The van der Waals surface area contributed by atoms with Gasteiger partial charge in [0.1, 0.15) is 23.0 Å². The zero-order valence-electron chi connectivity index (χ0n) is 26.8. The number of hydrogen-bond acceptors (Lipinski definition) is 11. The van der Waals surface area contributed by atoms with Crippen LogP contribution in [0.25, 0.3) is 0 Å². The first-order valence-electron chi connectivity index (χ1n) is 14.4. The fraction of sp³-hybridized carbons (Fsp3) is 0.250. The highest BCUT2D eigenvalue weighted by molar-refractivity contribution is 7.71. The minimum atomic E-state index is -3.52. The van der Waals surface area contributed by atoms with Crippen molar-refractivity contribution >= 4 is 24.6 Å². The van der Waals surface area contributed by atoms with E-state index in [9.17, 15) is 0 Å². The lowest BCUT2D eigenvalue weighted by atomic mass is 10.2. The zero-order valence-corrected chi connectivity index (χ0v) is 29.5. The van der Waals surface area contributed by atoms with E-state index in [1.54, 1.807) is 28.4 Å². The number of nitrogens with one attached hydrogen (secondary N) is 1. The molecule has 0 radical (unpaired) electrons. The van der Waals surface area contributed by atoms with E-state index in [1.807, 2.05) is 97.1 Å². The maximum atomic E-state index is 6.54. The average Bonchev–Trinajstić information content (AvgIpc) is 3.11. The number of hydrogen-bond donors (Lipinski definition) is 3.